The van der Waals surface area contributed by atoms with E-state index in [4.69, 9.17) is 0 Å². The van der Waals surface area contributed by atoms with Crippen LogP contribution in [0.1, 0.15) is 112 Å². The average molecular weight is 445 g/mol. The Morgan fingerprint density at radius 1 is 1.03 bits per heavy atom. The summed E-state index contributed by atoms with van der Waals surface area (Å²) in [6.07, 6.45) is 15.4. The van der Waals surface area contributed by atoms with Crippen molar-refractivity contribution in [3.8, 4) is 0 Å². The molecule has 3 fully saturated rings. The summed E-state index contributed by atoms with van der Waals surface area (Å²) in [5.74, 6) is 4.84. The van der Waals surface area contributed by atoms with Crippen molar-refractivity contribution in [2.75, 3.05) is 0 Å². The van der Waals surface area contributed by atoms with Crippen LogP contribution in [0.4, 0.5) is 0 Å². The van der Waals surface area contributed by atoms with Crippen molar-refractivity contribution in [3.63, 3.8) is 0 Å². The van der Waals surface area contributed by atoms with Crippen LogP contribution in [0.15, 0.2) is 11.6 Å². The lowest BCUT2D eigenvalue weighted by Crippen LogP contribution is -2.51. The molecular weight excluding hydrogens is 392 g/mol. The lowest BCUT2D eigenvalue weighted by atomic mass is 9.47. The molecule has 0 aliphatic heterocycles. The molecule has 2 nitrogen and oxygen atoms in total. The molecule has 2 N–H and O–H groups in total. The number of hydrogen-bond donors (Lipinski definition) is 2. The highest BCUT2D eigenvalue weighted by Gasteiger charge is 2.59. The van der Waals surface area contributed by atoms with Crippen LogP contribution in [0.3, 0.4) is 0 Å². The molecule has 0 heterocycles. The molecule has 0 aromatic heterocycles. The van der Waals surface area contributed by atoms with Gasteiger partial charge in [0.05, 0.1) is 12.2 Å². The molecule has 184 valence electrons. The summed E-state index contributed by atoms with van der Waals surface area (Å²) in [6, 6.07) is 0. The monoisotopic (exact) mass is 444 g/mol. The predicted molar refractivity (Wildman–Crippen MR) is 134 cm³/mol. The first-order valence-corrected chi connectivity index (χ1v) is 14.2. The number of aliphatic hydroxyl groups excluding tert-OH is 2. The van der Waals surface area contributed by atoms with E-state index in [1.54, 1.807) is 5.57 Å². The number of fused-ring (bicyclic) bond motifs is 5. The van der Waals surface area contributed by atoms with E-state index < -0.39 is 0 Å². The van der Waals surface area contributed by atoms with Gasteiger partial charge in [0.25, 0.3) is 0 Å². The molecule has 0 radical (unpaired) electrons. The second-order valence-electron chi connectivity index (χ2n) is 13.3. The molecule has 4 aliphatic carbocycles. The van der Waals surface area contributed by atoms with E-state index >= 15 is 0 Å². The van der Waals surface area contributed by atoms with Gasteiger partial charge in [-0.15, -0.1) is 0 Å². The Bertz CT molecular complexity index is 682. The van der Waals surface area contributed by atoms with Crippen LogP contribution in [0.25, 0.3) is 0 Å². The third-order valence-corrected chi connectivity index (χ3v) is 11.5. The van der Waals surface area contributed by atoms with E-state index in [2.05, 4.69) is 47.6 Å². The van der Waals surface area contributed by atoms with Gasteiger partial charge in [-0.1, -0.05) is 66.0 Å². The SMILES string of the molecule is CCC[C@H](C[C@H](O)[C@@H](C)[C@H]1CCC2C3CC=C4C[C@@H](O)CC[C@]4(C)C3CC[C@@]21C)C(C)C. The Labute approximate surface area is 198 Å². The zero-order chi connectivity index (χ0) is 23.3. The first-order chi connectivity index (χ1) is 15.1. The zero-order valence-corrected chi connectivity index (χ0v) is 21.9. The average Bonchev–Trinajstić information content (AvgIpc) is 3.10. The van der Waals surface area contributed by atoms with Crippen LogP contribution in [0, 0.1) is 52.3 Å². The first kappa shape index (κ1) is 24.8. The summed E-state index contributed by atoms with van der Waals surface area (Å²) in [7, 11) is 0. The fraction of sp³-hybridized carbons (Fsp3) is 0.933. The Balaban J connectivity index is 1.49. The molecule has 2 heteroatoms. The third-order valence-electron chi connectivity index (χ3n) is 11.5. The van der Waals surface area contributed by atoms with Gasteiger partial charge in [-0.05, 0) is 110 Å². The Morgan fingerprint density at radius 3 is 2.47 bits per heavy atom. The summed E-state index contributed by atoms with van der Waals surface area (Å²) in [6.45, 7) is 14.5. The Hall–Kier alpha value is -0.340. The van der Waals surface area contributed by atoms with Gasteiger partial charge in [0.2, 0.25) is 0 Å². The Morgan fingerprint density at radius 2 is 1.78 bits per heavy atom. The normalized spacial score (nSPS) is 44.3. The fourth-order valence-corrected chi connectivity index (χ4v) is 9.43. The predicted octanol–water partition coefficient (Wildman–Crippen LogP) is 7.39. The summed E-state index contributed by atoms with van der Waals surface area (Å²) in [5.41, 5.74) is 2.31. The van der Waals surface area contributed by atoms with Crippen LogP contribution in [0.5, 0.6) is 0 Å². The fourth-order valence-electron chi connectivity index (χ4n) is 9.43. The molecule has 4 rings (SSSR count). The molecule has 3 unspecified atom stereocenters. The Kier molecular flexibility index (Phi) is 7.25. The maximum Gasteiger partial charge on any atom is 0.0577 e. The summed E-state index contributed by atoms with van der Waals surface area (Å²) in [5, 5.41) is 21.6. The molecule has 0 aromatic carbocycles. The third kappa shape index (κ3) is 4.15. The second-order valence-corrected chi connectivity index (χ2v) is 13.3. The summed E-state index contributed by atoms with van der Waals surface area (Å²) >= 11 is 0. The van der Waals surface area contributed by atoms with Gasteiger partial charge >= 0.3 is 0 Å². The number of rotatable bonds is 7. The molecule has 3 saturated carbocycles. The number of hydrogen-bond acceptors (Lipinski definition) is 2. The molecule has 0 aromatic rings. The highest BCUT2D eigenvalue weighted by molar-refractivity contribution is 5.25. The van der Waals surface area contributed by atoms with Gasteiger partial charge < -0.3 is 10.2 Å². The molecular formula is C30H52O2. The van der Waals surface area contributed by atoms with Gasteiger partial charge in [-0.25, -0.2) is 0 Å². The van der Waals surface area contributed by atoms with Crippen molar-refractivity contribution in [1.29, 1.82) is 0 Å². The minimum absolute atomic E-state index is 0.111. The van der Waals surface area contributed by atoms with Crippen molar-refractivity contribution < 1.29 is 10.2 Å². The van der Waals surface area contributed by atoms with Gasteiger partial charge in [-0.3, -0.25) is 0 Å². The molecule has 0 bridgehead atoms. The van der Waals surface area contributed by atoms with E-state index in [1.165, 1.54) is 51.4 Å². The van der Waals surface area contributed by atoms with Gasteiger partial charge in [0.1, 0.15) is 0 Å². The standard InChI is InChI=1S/C30H52O2/c1-7-8-21(19(2)3)17-28(32)20(4)25-11-12-26-24-10-9-22-18-23(31)13-15-29(22,5)27(24)14-16-30(25,26)6/h9,19-21,23-28,31-32H,7-8,10-18H2,1-6H3/t20-,21+,23-,24?,25+,26?,27?,28-,29-,30+/m0/s1. The topological polar surface area (TPSA) is 40.5 Å². The maximum atomic E-state index is 11.3. The number of allylic oxidation sites excluding steroid dienone is 1. The van der Waals surface area contributed by atoms with Crippen LogP contribution >= 0.6 is 0 Å². The van der Waals surface area contributed by atoms with E-state index in [0.717, 1.165) is 37.0 Å². The molecule has 10 atom stereocenters. The van der Waals surface area contributed by atoms with Crippen molar-refractivity contribution in [3.05, 3.63) is 11.6 Å². The van der Waals surface area contributed by atoms with Crippen LogP contribution in [-0.4, -0.2) is 22.4 Å². The molecule has 0 spiro atoms. The second kappa shape index (κ2) is 9.37. The minimum Gasteiger partial charge on any atom is -0.393 e. The van der Waals surface area contributed by atoms with Gasteiger partial charge in [0, 0.05) is 0 Å². The number of aliphatic hydroxyl groups is 2. The van der Waals surface area contributed by atoms with E-state index in [-0.39, 0.29) is 12.2 Å². The zero-order valence-electron chi connectivity index (χ0n) is 21.9. The summed E-state index contributed by atoms with van der Waals surface area (Å²) < 4.78 is 0. The molecule has 32 heavy (non-hydrogen) atoms. The highest BCUT2D eigenvalue weighted by atomic mass is 16.3. The molecule has 0 saturated heterocycles. The van der Waals surface area contributed by atoms with Crippen LogP contribution < -0.4 is 0 Å². The van der Waals surface area contributed by atoms with Crippen LogP contribution in [0.2, 0.25) is 0 Å². The van der Waals surface area contributed by atoms with Crippen LogP contribution in [-0.2, 0) is 0 Å². The quantitative estimate of drug-likeness (QED) is 0.402. The van der Waals surface area contributed by atoms with E-state index in [1.807, 2.05) is 0 Å². The van der Waals surface area contributed by atoms with E-state index in [9.17, 15) is 10.2 Å². The van der Waals surface area contributed by atoms with Crippen molar-refractivity contribution in [2.45, 2.75) is 124 Å². The maximum absolute atomic E-state index is 11.3. The van der Waals surface area contributed by atoms with Gasteiger partial charge in [-0.2, -0.15) is 0 Å². The summed E-state index contributed by atoms with van der Waals surface area (Å²) in [4.78, 5) is 0. The first-order valence-electron chi connectivity index (χ1n) is 14.2. The lowest BCUT2D eigenvalue weighted by Gasteiger charge is -2.58. The molecule has 4 aliphatic rings. The largest absolute Gasteiger partial charge is 0.393 e. The highest BCUT2D eigenvalue weighted by Crippen LogP contribution is 2.67. The smallest absolute Gasteiger partial charge is 0.0577 e. The van der Waals surface area contributed by atoms with E-state index in [0.29, 0.717) is 34.5 Å². The minimum atomic E-state index is -0.151. The van der Waals surface area contributed by atoms with Crippen molar-refractivity contribution in [1.82, 2.24) is 0 Å². The lowest BCUT2D eigenvalue weighted by molar-refractivity contribution is -0.0696. The van der Waals surface area contributed by atoms with Gasteiger partial charge in [0.15, 0.2) is 0 Å². The van der Waals surface area contributed by atoms with Crippen molar-refractivity contribution in [2.24, 2.45) is 52.3 Å². The molecule has 0 amide bonds. The van der Waals surface area contributed by atoms with Crippen molar-refractivity contribution >= 4 is 0 Å².